The Kier molecular flexibility index (Phi) is 4.02. The number of hydrogen-bond donors (Lipinski definition) is 1. The Balaban J connectivity index is 1.62. The fraction of sp³-hybridized carbons (Fsp3) is 0.250. The number of anilines is 1. The fourth-order valence-electron chi connectivity index (χ4n) is 3.47. The molecule has 0 radical (unpaired) electrons. The maximum atomic E-state index is 12.8. The molecule has 2 aromatic carbocycles. The monoisotopic (exact) mass is 355 g/mol. The van der Waals surface area contributed by atoms with Crippen molar-refractivity contribution in [3.63, 3.8) is 0 Å². The van der Waals surface area contributed by atoms with E-state index >= 15 is 0 Å². The highest BCUT2D eigenvalue weighted by atomic mass is 35.5. The van der Waals surface area contributed by atoms with Crippen LogP contribution in [0.5, 0.6) is 0 Å². The van der Waals surface area contributed by atoms with Crippen LogP contribution < -0.4 is 10.3 Å². The molecule has 2 heterocycles. The van der Waals surface area contributed by atoms with Gasteiger partial charge in [0.15, 0.2) is 0 Å². The molecule has 3 aromatic rings. The van der Waals surface area contributed by atoms with Crippen molar-refractivity contribution in [1.82, 2.24) is 0 Å². The van der Waals surface area contributed by atoms with Crippen molar-refractivity contribution in [2.75, 3.05) is 18.0 Å². The third-order valence-corrected chi connectivity index (χ3v) is 5.19. The van der Waals surface area contributed by atoms with Crippen LogP contribution in [0.1, 0.15) is 18.4 Å². The molecule has 0 unspecified atom stereocenters. The van der Waals surface area contributed by atoms with Gasteiger partial charge in [0.05, 0.1) is 11.0 Å². The lowest BCUT2D eigenvalue weighted by atomic mass is 9.84. The van der Waals surface area contributed by atoms with Gasteiger partial charge in [0.1, 0.15) is 17.5 Å². The van der Waals surface area contributed by atoms with Gasteiger partial charge >= 0.3 is 0 Å². The summed E-state index contributed by atoms with van der Waals surface area (Å²) in [6.07, 6.45) is 2.62. The summed E-state index contributed by atoms with van der Waals surface area (Å²) in [4.78, 5) is 14.8. The molecule has 128 valence electrons. The van der Waals surface area contributed by atoms with E-state index in [1.54, 1.807) is 18.2 Å². The van der Waals surface area contributed by atoms with Crippen LogP contribution in [0.3, 0.4) is 0 Å². The van der Waals surface area contributed by atoms with Gasteiger partial charge in [0, 0.05) is 18.1 Å². The van der Waals surface area contributed by atoms with E-state index < -0.39 is 5.60 Å². The minimum Gasteiger partial charge on any atom is -0.462 e. The normalized spacial score (nSPS) is 17.0. The predicted molar refractivity (Wildman–Crippen MR) is 99.3 cm³/mol. The minimum atomic E-state index is -0.849. The van der Waals surface area contributed by atoms with Crippen molar-refractivity contribution in [2.45, 2.75) is 18.4 Å². The summed E-state index contributed by atoms with van der Waals surface area (Å²) < 4.78 is 5.61. The molecule has 1 saturated heterocycles. The van der Waals surface area contributed by atoms with E-state index in [0.29, 0.717) is 47.6 Å². The number of aliphatic hydroxyl groups is 1. The maximum Gasteiger partial charge on any atom is 0.216 e. The second-order valence-corrected chi connectivity index (χ2v) is 6.91. The number of halogens is 1. The minimum absolute atomic E-state index is 0.0890. The number of piperidine rings is 1. The van der Waals surface area contributed by atoms with Crippen molar-refractivity contribution >= 4 is 28.3 Å². The number of rotatable bonds is 2. The number of fused-ring (bicyclic) bond motifs is 1. The van der Waals surface area contributed by atoms with Gasteiger partial charge in [0.2, 0.25) is 5.43 Å². The van der Waals surface area contributed by atoms with Crippen LogP contribution in [0.4, 0.5) is 5.69 Å². The first-order valence-corrected chi connectivity index (χ1v) is 8.69. The van der Waals surface area contributed by atoms with Crippen molar-refractivity contribution < 1.29 is 9.52 Å². The summed E-state index contributed by atoms with van der Waals surface area (Å²) >= 11 is 6.01. The van der Waals surface area contributed by atoms with Crippen LogP contribution in [0, 0.1) is 0 Å². The number of hydrogen-bond acceptors (Lipinski definition) is 4. The molecule has 5 heteroatoms. The van der Waals surface area contributed by atoms with Gasteiger partial charge < -0.3 is 14.4 Å². The molecule has 0 saturated carbocycles. The second-order valence-electron chi connectivity index (χ2n) is 6.48. The summed E-state index contributed by atoms with van der Waals surface area (Å²) in [6, 6.07) is 14.7. The summed E-state index contributed by atoms with van der Waals surface area (Å²) in [6.45, 7) is 1.17. The average molecular weight is 356 g/mol. The summed E-state index contributed by atoms with van der Waals surface area (Å²) in [5.41, 5.74) is 1.03. The molecule has 1 aliphatic heterocycles. The van der Waals surface area contributed by atoms with Crippen LogP contribution in [-0.4, -0.2) is 18.2 Å². The molecule has 0 amide bonds. The SMILES string of the molecule is O=c1c(N2CCC(O)(c3ccccc3)CC2)coc2ccc(Cl)cc12. The Morgan fingerprint density at radius 2 is 1.80 bits per heavy atom. The van der Waals surface area contributed by atoms with E-state index in [1.165, 1.54) is 6.26 Å². The smallest absolute Gasteiger partial charge is 0.216 e. The lowest BCUT2D eigenvalue weighted by Crippen LogP contribution is -2.44. The second kappa shape index (κ2) is 6.21. The van der Waals surface area contributed by atoms with E-state index in [2.05, 4.69) is 0 Å². The molecular weight excluding hydrogens is 338 g/mol. The molecule has 4 rings (SSSR count). The molecule has 1 aliphatic rings. The first-order valence-electron chi connectivity index (χ1n) is 8.31. The predicted octanol–water partition coefficient (Wildman–Crippen LogP) is 3.93. The summed E-state index contributed by atoms with van der Waals surface area (Å²) in [7, 11) is 0. The van der Waals surface area contributed by atoms with Crippen molar-refractivity contribution in [2.24, 2.45) is 0 Å². The Bertz CT molecular complexity index is 960. The van der Waals surface area contributed by atoms with Crippen LogP contribution in [0.2, 0.25) is 5.02 Å². The lowest BCUT2D eigenvalue weighted by molar-refractivity contribution is 0.0117. The standard InChI is InChI=1S/C20H18ClNO3/c21-15-6-7-18-16(12-15)19(23)17(13-25-18)22-10-8-20(24,9-11-22)14-4-2-1-3-5-14/h1-7,12-13,24H,8-11H2. The molecule has 1 N–H and O–H groups in total. The third-order valence-electron chi connectivity index (χ3n) is 4.96. The zero-order valence-electron chi connectivity index (χ0n) is 13.6. The van der Waals surface area contributed by atoms with E-state index in [4.69, 9.17) is 16.0 Å². The van der Waals surface area contributed by atoms with E-state index in [0.717, 1.165) is 5.56 Å². The fourth-order valence-corrected chi connectivity index (χ4v) is 3.64. The van der Waals surface area contributed by atoms with Gasteiger partial charge in [-0.1, -0.05) is 41.9 Å². The first kappa shape index (κ1) is 16.2. The van der Waals surface area contributed by atoms with Gasteiger partial charge in [-0.2, -0.15) is 0 Å². The molecular formula is C20H18ClNO3. The molecule has 0 aliphatic carbocycles. The highest BCUT2D eigenvalue weighted by Crippen LogP contribution is 2.34. The molecule has 1 fully saturated rings. The average Bonchev–Trinajstić information content (AvgIpc) is 2.64. The zero-order valence-corrected chi connectivity index (χ0v) is 14.4. The Morgan fingerprint density at radius 3 is 2.52 bits per heavy atom. The lowest BCUT2D eigenvalue weighted by Gasteiger charge is -2.39. The quantitative estimate of drug-likeness (QED) is 0.756. The van der Waals surface area contributed by atoms with Crippen molar-refractivity contribution in [3.05, 3.63) is 75.6 Å². The molecule has 25 heavy (non-hydrogen) atoms. The van der Waals surface area contributed by atoms with E-state index in [-0.39, 0.29) is 5.43 Å². The van der Waals surface area contributed by atoms with E-state index in [1.807, 2.05) is 35.2 Å². The maximum absolute atomic E-state index is 12.8. The van der Waals surface area contributed by atoms with E-state index in [9.17, 15) is 9.90 Å². The highest BCUT2D eigenvalue weighted by Gasteiger charge is 2.34. The van der Waals surface area contributed by atoms with Gasteiger partial charge in [-0.3, -0.25) is 4.79 Å². The zero-order chi connectivity index (χ0) is 17.4. The molecule has 0 atom stereocenters. The van der Waals surface area contributed by atoms with Crippen LogP contribution >= 0.6 is 11.6 Å². The Hall–Kier alpha value is -2.30. The van der Waals surface area contributed by atoms with Crippen LogP contribution in [0.15, 0.2) is 64.0 Å². The van der Waals surface area contributed by atoms with Crippen LogP contribution in [-0.2, 0) is 5.60 Å². The first-order chi connectivity index (χ1) is 12.1. The van der Waals surface area contributed by atoms with Crippen LogP contribution in [0.25, 0.3) is 11.0 Å². The van der Waals surface area contributed by atoms with Gasteiger partial charge in [-0.05, 0) is 36.6 Å². The van der Waals surface area contributed by atoms with Crippen molar-refractivity contribution in [1.29, 1.82) is 0 Å². The van der Waals surface area contributed by atoms with Gasteiger partial charge in [0.25, 0.3) is 0 Å². The number of benzene rings is 2. The highest BCUT2D eigenvalue weighted by molar-refractivity contribution is 6.31. The van der Waals surface area contributed by atoms with Gasteiger partial charge in [-0.15, -0.1) is 0 Å². The van der Waals surface area contributed by atoms with Crippen molar-refractivity contribution in [3.8, 4) is 0 Å². The third kappa shape index (κ3) is 2.92. The molecule has 0 bridgehead atoms. The molecule has 0 spiro atoms. The Morgan fingerprint density at radius 1 is 1.08 bits per heavy atom. The van der Waals surface area contributed by atoms with Gasteiger partial charge in [-0.25, -0.2) is 0 Å². The Labute approximate surface area is 150 Å². The molecule has 4 nitrogen and oxygen atoms in total. The topological polar surface area (TPSA) is 53.7 Å². The summed E-state index contributed by atoms with van der Waals surface area (Å²) in [5, 5.41) is 11.9. The number of nitrogens with zero attached hydrogens (tertiary/aromatic N) is 1. The summed E-state index contributed by atoms with van der Waals surface area (Å²) in [5.74, 6) is 0. The largest absolute Gasteiger partial charge is 0.462 e. The molecule has 1 aromatic heterocycles.